The Hall–Kier alpha value is -2.36. The van der Waals surface area contributed by atoms with Crippen LogP contribution in [0, 0.1) is 0 Å². The molecular formula is C20H21FO3. The number of alkyl halides is 1. The Morgan fingerprint density at radius 3 is 2.79 bits per heavy atom. The van der Waals surface area contributed by atoms with Gasteiger partial charge in [0, 0.05) is 16.6 Å². The lowest BCUT2D eigenvalue weighted by atomic mass is 9.71. The fraction of sp³-hybridized carbons (Fsp3) is 0.350. The van der Waals surface area contributed by atoms with Gasteiger partial charge in [0.05, 0.1) is 12.7 Å². The number of halogens is 1. The maximum atomic E-state index is 13.1. The van der Waals surface area contributed by atoms with E-state index in [1.807, 2.05) is 26.8 Å². The topological polar surface area (TPSA) is 35.5 Å². The van der Waals surface area contributed by atoms with E-state index in [2.05, 4.69) is 0 Å². The van der Waals surface area contributed by atoms with Gasteiger partial charge in [-0.3, -0.25) is 4.79 Å². The summed E-state index contributed by atoms with van der Waals surface area (Å²) in [4.78, 5) is 13.1. The van der Waals surface area contributed by atoms with Crippen LogP contribution in [-0.2, 0) is 10.2 Å². The normalized spacial score (nSPS) is 23.5. The van der Waals surface area contributed by atoms with E-state index in [4.69, 9.17) is 9.47 Å². The van der Waals surface area contributed by atoms with Crippen LogP contribution in [0.4, 0.5) is 4.39 Å². The van der Waals surface area contributed by atoms with Gasteiger partial charge in [-0.15, -0.1) is 0 Å². The van der Waals surface area contributed by atoms with E-state index in [0.29, 0.717) is 22.6 Å². The number of rotatable bonds is 3. The van der Waals surface area contributed by atoms with Crippen molar-refractivity contribution in [2.75, 3.05) is 13.8 Å². The number of methoxy groups -OCH3 is 1. The van der Waals surface area contributed by atoms with Crippen LogP contribution in [0.15, 0.2) is 53.3 Å². The Bertz CT molecular complexity index is 784. The number of allylic oxidation sites excluding steroid dienone is 4. The summed E-state index contributed by atoms with van der Waals surface area (Å²) in [6, 6.07) is 5.50. The van der Waals surface area contributed by atoms with E-state index in [-0.39, 0.29) is 11.9 Å². The van der Waals surface area contributed by atoms with Crippen molar-refractivity contribution in [2.45, 2.75) is 32.3 Å². The zero-order chi connectivity index (χ0) is 17.5. The molecule has 4 heteroatoms. The van der Waals surface area contributed by atoms with E-state index in [9.17, 15) is 9.18 Å². The molecule has 126 valence electrons. The molecule has 1 atom stereocenters. The van der Waals surface area contributed by atoms with Gasteiger partial charge in [-0.1, -0.05) is 18.2 Å². The molecule has 1 aromatic rings. The summed E-state index contributed by atoms with van der Waals surface area (Å²) in [5, 5.41) is 0. The Balaban J connectivity index is 2.17. The molecule has 1 aliphatic heterocycles. The van der Waals surface area contributed by atoms with Crippen LogP contribution in [0.25, 0.3) is 0 Å². The van der Waals surface area contributed by atoms with Gasteiger partial charge in [0.15, 0.2) is 5.78 Å². The number of hydrogen-bond donors (Lipinski definition) is 0. The molecular weight excluding hydrogens is 307 g/mol. The van der Waals surface area contributed by atoms with Crippen LogP contribution in [0.5, 0.6) is 5.75 Å². The first-order valence-corrected chi connectivity index (χ1v) is 7.99. The highest BCUT2D eigenvalue weighted by molar-refractivity contribution is 6.15. The molecule has 1 unspecified atom stereocenters. The second-order valence-electron chi connectivity index (χ2n) is 6.53. The van der Waals surface area contributed by atoms with E-state index < -0.39 is 12.1 Å². The number of hydrogen-bond acceptors (Lipinski definition) is 3. The van der Waals surface area contributed by atoms with Gasteiger partial charge < -0.3 is 9.47 Å². The van der Waals surface area contributed by atoms with Crippen molar-refractivity contribution >= 4 is 5.78 Å². The fourth-order valence-electron chi connectivity index (χ4n) is 3.39. The van der Waals surface area contributed by atoms with Crippen molar-refractivity contribution in [3.8, 4) is 5.75 Å². The zero-order valence-corrected chi connectivity index (χ0v) is 14.4. The number of ketones is 1. The highest BCUT2D eigenvalue weighted by Crippen LogP contribution is 2.49. The van der Waals surface area contributed by atoms with Gasteiger partial charge in [-0.05, 0) is 44.5 Å². The van der Waals surface area contributed by atoms with Crippen LogP contribution >= 0.6 is 0 Å². The fourth-order valence-corrected chi connectivity index (χ4v) is 3.39. The van der Waals surface area contributed by atoms with Crippen LogP contribution in [0.2, 0.25) is 0 Å². The number of fused-ring (bicyclic) bond motifs is 1. The van der Waals surface area contributed by atoms with Crippen LogP contribution in [-0.4, -0.2) is 25.7 Å². The molecule has 0 fully saturated rings. The van der Waals surface area contributed by atoms with E-state index in [1.54, 1.807) is 31.4 Å². The molecule has 1 heterocycles. The minimum absolute atomic E-state index is 0.0498. The predicted molar refractivity (Wildman–Crippen MR) is 91.1 cm³/mol. The van der Waals surface area contributed by atoms with Gasteiger partial charge in [0.2, 0.25) is 0 Å². The molecule has 0 spiro atoms. The molecule has 3 nitrogen and oxygen atoms in total. The Labute approximate surface area is 141 Å². The Morgan fingerprint density at radius 2 is 2.12 bits per heavy atom. The summed E-state index contributed by atoms with van der Waals surface area (Å²) in [5.41, 5.74) is 2.53. The summed E-state index contributed by atoms with van der Waals surface area (Å²) >= 11 is 0. The lowest BCUT2D eigenvalue weighted by Crippen LogP contribution is -2.30. The van der Waals surface area contributed by atoms with Gasteiger partial charge in [-0.2, -0.15) is 0 Å². The Morgan fingerprint density at radius 1 is 1.38 bits per heavy atom. The van der Waals surface area contributed by atoms with E-state index in [1.165, 1.54) is 6.08 Å². The van der Waals surface area contributed by atoms with Crippen molar-refractivity contribution in [3.63, 3.8) is 0 Å². The van der Waals surface area contributed by atoms with Gasteiger partial charge >= 0.3 is 0 Å². The number of carbonyl (C=O) groups excluding carboxylic acids is 1. The lowest BCUT2D eigenvalue weighted by molar-refractivity contribution is 0.101. The number of benzene rings is 1. The van der Waals surface area contributed by atoms with Crippen LogP contribution in [0.3, 0.4) is 0 Å². The summed E-state index contributed by atoms with van der Waals surface area (Å²) in [6.07, 6.45) is 4.58. The third-order valence-electron chi connectivity index (χ3n) is 4.69. The van der Waals surface area contributed by atoms with Crippen molar-refractivity contribution in [1.29, 1.82) is 0 Å². The molecule has 0 saturated heterocycles. The van der Waals surface area contributed by atoms with Crippen molar-refractivity contribution in [2.24, 2.45) is 0 Å². The molecule has 1 aliphatic carbocycles. The molecule has 2 aliphatic rings. The SMILES string of the molecule is COc1ccc2c(c1)C(C)(C)C1=C(C2=O)/C(=C/C=C\CF)C(C)O1. The number of carbonyl (C=O) groups is 1. The van der Waals surface area contributed by atoms with Crippen LogP contribution < -0.4 is 4.74 Å². The first kappa shape index (κ1) is 16.5. The molecule has 1 aromatic carbocycles. The number of Topliss-reactive ketones (excluding diaryl/α,β-unsaturated/α-hetero) is 1. The average Bonchev–Trinajstić information content (AvgIpc) is 2.91. The second kappa shape index (κ2) is 5.93. The first-order valence-electron chi connectivity index (χ1n) is 7.99. The molecule has 0 amide bonds. The lowest BCUT2D eigenvalue weighted by Gasteiger charge is -2.32. The first-order chi connectivity index (χ1) is 11.4. The van der Waals surface area contributed by atoms with Crippen molar-refractivity contribution in [3.05, 3.63) is 64.5 Å². The maximum Gasteiger partial charge on any atom is 0.197 e. The Kier molecular flexibility index (Phi) is 4.08. The quantitative estimate of drug-likeness (QED) is 0.830. The minimum Gasteiger partial charge on any atom is -0.497 e. The van der Waals surface area contributed by atoms with E-state index >= 15 is 0 Å². The highest BCUT2D eigenvalue weighted by Gasteiger charge is 2.46. The molecule has 3 rings (SSSR count). The largest absolute Gasteiger partial charge is 0.497 e. The molecule has 0 aromatic heterocycles. The summed E-state index contributed by atoms with van der Waals surface area (Å²) in [5.74, 6) is 1.35. The van der Waals surface area contributed by atoms with Gasteiger partial charge in [-0.25, -0.2) is 4.39 Å². The standard InChI is InChI=1S/C20H21FO3/c1-12-14(7-5-6-10-21)17-18(22)15-9-8-13(23-4)11-16(15)20(2,3)19(17)24-12/h5-9,11-12H,10H2,1-4H3/b6-5-,14-7+. The van der Waals surface area contributed by atoms with Gasteiger partial charge in [0.1, 0.15) is 24.3 Å². The molecule has 24 heavy (non-hydrogen) atoms. The van der Waals surface area contributed by atoms with Crippen LogP contribution in [0.1, 0.15) is 36.7 Å². The molecule has 0 N–H and O–H groups in total. The highest BCUT2D eigenvalue weighted by atomic mass is 19.1. The minimum atomic E-state index is -0.535. The number of ether oxygens (including phenoxy) is 2. The molecule has 0 radical (unpaired) electrons. The summed E-state index contributed by atoms with van der Waals surface area (Å²) < 4.78 is 23.7. The second-order valence-corrected chi connectivity index (χ2v) is 6.53. The summed E-state index contributed by atoms with van der Waals surface area (Å²) in [6.45, 7) is 5.45. The molecule has 0 bridgehead atoms. The predicted octanol–water partition coefficient (Wildman–Crippen LogP) is 4.29. The molecule has 0 saturated carbocycles. The van der Waals surface area contributed by atoms with Crippen molar-refractivity contribution in [1.82, 2.24) is 0 Å². The monoisotopic (exact) mass is 328 g/mol. The third-order valence-corrected chi connectivity index (χ3v) is 4.69. The zero-order valence-electron chi connectivity index (χ0n) is 14.4. The maximum absolute atomic E-state index is 13.1. The smallest absolute Gasteiger partial charge is 0.197 e. The van der Waals surface area contributed by atoms with E-state index in [0.717, 1.165) is 11.1 Å². The average molecular weight is 328 g/mol. The van der Waals surface area contributed by atoms with Crippen molar-refractivity contribution < 1.29 is 18.7 Å². The summed E-state index contributed by atoms with van der Waals surface area (Å²) in [7, 11) is 1.61. The third kappa shape index (κ3) is 2.37. The van der Waals surface area contributed by atoms with Gasteiger partial charge in [0.25, 0.3) is 0 Å².